The molecule has 0 aromatic heterocycles. The fraction of sp³-hybridized carbons (Fsp3) is 0.0714. The van der Waals surface area contributed by atoms with Crippen LogP contribution < -0.4 is 5.32 Å². The summed E-state index contributed by atoms with van der Waals surface area (Å²) in [4.78, 5) is 12.0. The van der Waals surface area contributed by atoms with E-state index >= 15 is 0 Å². The number of rotatable bonds is 2. The van der Waals surface area contributed by atoms with Crippen LogP contribution in [0, 0.1) is 6.92 Å². The lowest BCUT2D eigenvalue weighted by atomic mass is 10.1. The minimum Gasteiger partial charge on any atom is -0.507 e. The molecule has 19 heavy (non-hydrogen) atoms. The average molecular weight is 278 g/mol. The van der Waals surface area contributed by atoms with Crippen molar-refractivity contribution in [2.24, 2.45) is 0 Å². The number of carbonyl (C=O) groups excluding carboxylic acids is 1. The molecule has 0 spiro atoms. The molecular weight excluding hydrogens is 266 g/mol. The Morgan fingerprint density at radius 2 is 1.79 bits per heavy atom. The normalized spacial score (nSPS) is 10.2. The van der Waals surface area contributed by atoms with Gasteiger partial charge in [0.1, 0.15) is 11.5 Å². The van der Waals surface area contributed by atoms with Crippen molar-refractivity contribution in [2.75, 3.05) is 5.32 Å². The molecule has 2 aromatic rings. The van der Waals surface area contributed by atoms with E-state index in [0.717, 1.165) is 5.56 Å². The number of anilines is 1. The maximum atomic E-state index is 12.0. The number of aryl methyl sites for hydroxylation is 1. The van der Waals surface area contributed by atoms with E-state index in [1.165, 1.54) is 24.3 Å². The van der Waals surface area contributed by atoms with E-state index in [-0.39, 0.29) is 22.7 Å². The number of aromatic hydroxyl groups is 2. The fourth-order valence-electron chi connectivity index (χ4n) is 1.63. The average Bonchev–Trinajstić information content (AvgIpc) is 2.36. The molecule has 3 N–H and O–H groups in total. The summed E-state index contributed by atoms with van der Waals surface area (Å²) in [5, 5.41) is 22.1. The number of phenolic OH excluding ortho intramolecular Hbond substituents is 2. The number of hydrogen-bond acceptors (Lipinski definition) is 3. The molecule has 2 rings (SSSR count). The van der Waals surface area contributed by atoms with Gasteiger partial charge in [-0.15, -0.1) is 0 Å². The van der Waals surface area contributed by atoms with Gasteiger partial charge < -0.3 is 15.5 Å². The zero-order valence-electron chi connectivity index (χ0n) is 10.1. The minimum absolute atomic E-state index is 0.0412. The lowest BCUT2D eigenvalue weighted by molar-refractivity contribution is 0.102. The van der Waals surface area contributed by atoms with Gasteiger partial charge >= 0.3 is 0 Å². The topological polar surface area (TPSA) is 69.6 Å². The van der Waals surface area contributed by atoms with Gasteiger partial charge in [0.25, 0.3) is 5.91 Å². The highest BCUT2D eigenvalue weighted by Crippen LogP contribution is 2.27. The predicted molar refractivity (Wildman–Crippen MR) is 73.9 cm³/mol. The molecule has 98 valence electrons. The van der Waals surface area contributed by atoms with Gasteiger partial charge in [-0.1, -0.05) is 17.7 Å². The molecule has 0 atom stereocenters. The van der Waals surface area contributed by atoms with Crippen LogP contribution in [0.1, 0.15) is 15.9 Å². The van der Waals surface area contributed by atoms with E-state index in [1.54, 1.807) is 12.1 Å². The highest BCUT2D eigenvalue weighted by atomic mass is 35.5. The molecule has 0 aliphatic carbocycles. The van der Waals surface area contributed by atoms with Crippen LogP contribution in [0.2, 0.25) is 5.02 Å². The number of hydrogen-bond donors (Lipinski definition) is 3. The number of amides is 1. The van der Waals surface area contributed by atoms with E-state index in [4.69, 9.17) is 11.6 Å². The van der Waals surface area contributed by atoms with Crippen LogP contribution in [-0.2, 0) is 0 Å². The van der Waals surface area contributed by atoms with Gasteiger partial charge in [-0.2, -0.15) is 0 Å². The lowest BCUT2D eigenvalue weighted by Crippen LogP contribution is -2.12. The van der Waals surface area contributed by atoms with Crippen molar-refractivity contribution < 1.29 is 15.0 Å². The second kappa shape index (κ2) is 5.20. The Balaban J connectivity index is 2.30. The van der Waals surface area contributed by atoms with Crippen molar-refractivity contribution >= 4 is 23.2 Å². The number of nitrogens with one attached hydrogen (secondary N) is 1. The Morgan fingerprint density at radius 3 is 2.53 bits per heavy atom. The fourth-order valence-corrected chi connectivity index (χ4v) is 1.80. The SMILES string of the molecule is Cc1ccc(O)c(NC(=O)c2cc(Cl)ccc2O)c1. The lowest BCUT2D eigenvalue weighted by Gasteiger charge is -2.09. The van der Waals surface area contributed by atoms with Gasteiger partial charge in [-0.3, -0.25) is 4.79 Å². The summed E-state index contributed by atoms with van der Waals surface area (Å²) in [5.41, 5.74) is 1.22. The molecule has 0 heterocycles. The Bertz CT molecular complexity index is 641. The first-order chi connectivity index (χ1) is 8.97. The van der Waals surface area contributed by atoms with Crippen LogP contribution in [0.3, 0.4) is 0 Å². The quantitative estimate of drug-likeness (QED) is 0.738. The van der Waals surface area contributed by atoms with Crippen LogP contribution in [0.25, 0.3) is 0 Å². The third-order valence-corrected chi connectivity index (χ3v) is 2.84. The Hall–Kier alpha value is -2.20. The first-order valence-electron chi connectivity index (χ1n) is 5.57. The number of carbonyl (C=O) groups is 1. The second-order valence-corrected chi connectivity index (χ2v) is 4.57. The Morgan fingerprint density at radius 1 is 1.11 bits per heavy atom. The maximum absolute atomic E-state index is 12.0. The summed E-state index contributed by atoms with van der Waals surface area (Å²) >= 11 is 5.78. The van der Waals surface area contributed by atoms with Crippen molar-refractivity contribution in [3.63, 3.8) is 0 Å². The standard InChI is InChI=1S/C14H12ClNO3/c1-8-2-4-13(18)11(6-8)16-14(19)10-7-9(15)3-5-12(10)17/h2-7,17-18H,1H3,(H,16,19). The first kappa shape index (κ1) is 13.2. The molecule has 5 heteroatoms. The van der Waals surface area contributed by atoms with Crippen molar-refractivity contribution in [1.29, 1.82) is 0 Å². The second-order valence-electron chi connectivity index (χ2n) is 4.14. The molecule has 1 amide bonds. The highest BCUT2D eigenvalue weighted by Gasteiger charge is 2.13. The Labute approximate surface area is 115 Å². The van der Waals surface area contributed by atoms with E-state index in [1.807, 2.05) is 6.92 Å². The van der Waals surface area contributed by atoms with Crippen molar-refractivity contribution in [1.82, 2.24) is 0 Å². The van der Waals surface area contributed by atoms with Gasteiger partial charge in [0.15, 0.2) is 0 Å². The van der Waals surface area contributed by atoms with Crippen LogP contribution in [0.15, 0.2) is 36.4 Å². The molecule has 0 fully saturated rings. The molecule has 0 saturated heterocycles. The molecule has 0 unspecified atom stereocenters. The molecule has 0 saturated carbocycles. The number of halogens is 1. The molecule has 0 radical (unpaired) electrons. The predicted octanol–water partition coefficient (Wildman–Crippen LogP) is 3.31. The first-order valence-corrected chi connectivity index (χ1v) is 5.94. The molecule has 0 aliphatic heterocycles. The number of phenols is 2. The smallest absolute Gasteiger partial charge is 0.259 e. The van der Waals surface area contributed by atoms with Crippen molar-refractivity contribution in [3.8, 4) is 11.5 Å². The molecular formula is C14H12ClNO3. The summed E-state index contributed by atoms with van der Waals surface area (Å²) in [7, 11) is 0. The molecule has 0 bridgehead atoms. The minimum atomic E-state index is -0.541. The van der Waals surface area contributed by atoms with Crippen LogP contribution in [0.5, 0.6) is 11.5 Å². The summed E-state index contributed by atoms with van der Waals surface area (Å²) in [5.74, 6) is -0.754. The largest absolute Gasteiger partial charge is 0.507 e. The summed E-state index contributed by atoms with van der Waals surface area (Å²) in [6, 6.07) is 9.03. The third kappa shape index (κ3) is 2.98. The zero-order valence-corrected chi connectivity index (χ0v) is 10.9. The highest BCUT2D eigenvalue weighted by molar-refractivity contribution is 6.31. The number of benzene rings is 2. The summed E-state index contributed by atoms with van der Waals surface area (Å²) < 4.78 is 0. The summed E-state index contributed by atoms with van der Waals surface area (Å²) in [6.07, 6.45) is 0. The zero-order chi connectivity index (χ0) is 14.0. The molecule has 0 aliphatic rings. The van der Waals surface area contributed by atoms with E-state index < -0.39 is 5.91 Å². The van der Waals surface area contributed by atoms with Gasteiger partial charge in [-0.25, -0.2) is 0 Å². The Kier molecular flexibility index (Phi) is 3.62. The molecule has 2 aromatic carbocycles. The van der Waals surface area contributed by atoms with E-state index in [2.05, 4.69) is 5.32 Å². The maximum Gasteiger partial charge on any atom is 0.259 e. The van der Waals surface area contributed by atoms with Crippen LogP contribution in [-0.4, -0.2) is 16.1 Å². The van der Waals surface area contributed by atoms with Gasteiger partial charge in [0.05, 0.1) is 11.3 Å². The summed E-state index contributed by atoms with van der Waals surface area (Å²) in [6.45, 7) is 1.84. The van der Waals surface area contributed by atoms with Crippen LogP contribution in [0.4, 0.5) is 5.69 Å². The van der Waals surface area contributed by atoms with Gasteiger partial charge in [0.2, 0.25) is 0 Å². The molecule has 4 nitrogen and oxygen atoms in total. The van der Waals surface area contributed by atoms with E-state index in [0.29, 0.717) is 5.02 Å². The monoisotopic (exact) mass is 277 g/mol. The third-order valence-electron chi connectivity index (χ3n) is 2.60. The van der Waals surface area contributed by atoms with Crippen LogP contribution >= 0.6 is 11.6 Å². The van der Waals surface area contributed by atoms with Crippen molar-refractivity contribution in [3.05, 3.63) is 52.5 Å². The van der Waals surface area contributed by atoms with E-state index in [9.17, 15) is 15.0 Å². The van der Waals surface area contributed by atoms with Gasteiger partial charge in [0, 0.05) is 5.02 Å². The van der Waals surface area contributed by atoms with Gasteiger partial charge in [-0.05, 0) is 42.8 Å². The van der Waals surface area contributed by atoms with Crippen molar-refractivity contribution in [2.45, 2.75) is 6.92 Å².